The molecule has 2 rings (SSSR count). The quantitative estimate of drug-likeness (QED) is 0.463. The first kappa shape index (κ1) is 16.8. The lowest BCUT2D eigenvalue weighted by molar-refractivity contribution is -0.384. The molecular formula is C16H16ClN3O3. The highest BCUT2D eigenvalue weighted by atomic mass is 35.5. The van der Waals surface area contributed by atoms with Crippen molar-refractivity contribution in [3.63, 3.8) is 0 Å². The van der Waals surface area contributed by atoms with Crippen molar-refractivity contribution in [2.45, 2.75) is 6.42 Å². The highest BCUT2D eigenvalue weighted by Crippen LogP contribution is 2.22. The van der Waals surface area contributed by atoms with Crippen molar-refractivity contribution in [2.24, 2.45) is 0 Å². The van der Waals surface area contributed by atoms with E-state index in [-0.39, 0.29) is 18.0 Å². The van der Waals surface area contributed by atoms with Gasteiger partial charge < -0.3 is 10.6 Å². The molecule has 0 bridgehead atoms. The lowest BCUT2D eigenvalue weighted by atomic mass is 10.1. The molecule has 0 aromatic heterocycles. The van der Waals surface area contributed by atoms with Crippen molar-refractivity contribution >= 4 is 28.9 Å². The fourth-order valence-electron chi connectivity index (χ4n) is 2.03. The fraction of sp³-hybridized carbons (Fsp3) is 0.188. The molecule has 2 aromatic rings. The van der Waals surface area contributed by atoms with Crippen molar-refractivity contribution in [1.29, 1.82) is 0 Å². The molecule has 0 aliphatic rings. The van der Waals surface area contributed by atoms with E-state index in [1.165, 1.54) is 6.07 Å². The Labute approximate surface area is 138 Å². The molecule has 2 aromatic carbocycles. The van der Waals surface area contributed by atoms with Gasteiger partial charge in [-0.3, -0.25) is 14.9 Å². The largest absolute Gasteiger partial charge is 0.378 e. The van der Waals surface area contributed by atoms with Gasteiger partial charge in [0.25, 0.3) is 5.69 Å². The number of nitrogens with one attached hydrogen (secondary N) is 2. The Morgan fingerprint density at radius 3 is 2.48 bits per heavy atom. The molecule has 0 unspecified atom stereocenters. The lowest BCUT2D eigenvalue weighted by Crippen LogP contribution is -2.30. The van der Waals surface area contributed by atoms with Crippen LogP contribution in [-0.4, -0.2) is 23.9 Å². The number of carbonyl (C=O) groups is 1. The van der Waals surface area contributed by atoms with Crippen molar-refractivity contribution in [1.82, 2.24) is 5.32 Å². The van der Waals surface area contributed by atoms with Crippen LogP contribution in [0.2, 0.25) is 5.02 Å². The maximum Gasteiger partial charge on any atom is 0.292 e. The molecule has 6 nitrogen and oxygen atoms in total. The number of para-hydroxylation sites is 2. The minimum Gasteiger partial charge on any atom is -0.378 e. The number of halogens is 1. The van der Waals surface area contributed by atoms with E-state index in [0.717, 1.165) is 5.56 Å². The molecule has 120 valence electrons. The molecule has 0 radical (unpaired) electrons. The number of benzene rings is 2. The maximum absolute atomic E-state index is 11.8. The number of amides is 1. The number of hydrogen-bond acceptors (Lipinski definition) is 4. The zero-order valence-electron chi connectivity index (χ0n) is 12.3. The fourth-order valence-corrected chi connectivity index (χ4v) is 2.16. The van der Waals surface area contributed by atoms with Crippen LogP contribution in [0.4, 0.5) is 11.4 Å². The molecule has 1 amide bonds. The summed E-state index contributed by atoms with van der Waals surface area (Å²) in [6, 6.07) is 13.5. The van der Waals surface area contributed by atoms with Gasteiger partial charge in [-0.25, -0.2) is 0 Å². The summed E-state index contributed by atoms with van der Waals surface area (Å²) in [5, 5.41) is 17.2. The smallest absolute Gasteiger partial charge is 0.292 e. The van der Waals surface area contributed by atoms with Crippen molar-refractivity contribution in [3.05, 3.63) is 69.2 Å². The van der Waals surface area contributed by atoms with Crippen LogP contribution in [0.3, 0.4) is 0 Å². The summed E-state index contributed by atoms with van der Waals surface area (Å²) < 4.78 is 0. The predicted octanol–water partition coefficient (Wildman–Crippen LogP) is 3.02. The van der Waals surface area contributed by atoms with E-state index < -0.39 is 4.92 Å². The average molecular weight is 334 g/mol. The van der Waals surface area contributed by atoms with Gasteiger partial charge in [0.1, 0.15) is 5.69 Å². The Morgan fingerprint density at radius 2 is 1.78 bits per heavy atom. The van der Waals surface area contributed by atoms with Gasteiger partial charge in [-0.2, -0.15) is 0 Å². The van der Waals surface area contributed by atoms with Gasteiger partial charge in [-0.1, -0.05) is 35.9 Å². The van der Waals surface area contributed by atoms with Crippen molar-refractivity contribution in [3.8, 4) is 0 Å². The van der Waals surface area contributed by atoms with Crippen LogP contribution in [-0.2, 0) is 11.2 Å². The van der Waals surface area contributed by atoms with Crippen LogP contribution in [0.1, 0.15) is 5.56 Å². The molecule has 0 spiro atoms. The first-order valence-corrected chi connectivity index (χ1v) is 7.42. The second-order valence-electron chi connectivity index (χ2n) is 4.85. The van der Waals surface area contributed by atoms with E-state index in [1.54, 1.807) is 42.5 Å². The minimum atomic E-state index is -0.443. The number of nitrogens with zero attached hydrogens (tertiary/aromatic N) is 1. The lowest BCUT2D eigenvalue weighted by Gasteiger charge is -2.08. The van der Waals surface area contributed by atoms with E-state index in [4.69, 9.17) is 11.6 Å². The van der Waals surface area contributed by atoms with E-state index in [1.807, 2.05) is 0 Å². The van der Waals surface area contributed by atoms with Gasteiger partial charge in [-0.15, -0.1) is 0 Å². The van der Waals surface area contributed by atoms with E-state index >= 15 is 0 Å². The number of nitro benzene ring substituents is 1. The SMILES string of the molecule is O=C(Cc1ccc(Cl)cc1)NCCNc1ccccc1[N+](=O)[O-]. The first-order chi connectivity index (χ1) is 11.1. The molecule has 0 fully saturated rings. The molecule has 0 aliphatic heterocycles. The van der Waals surface area contributed by atoms with Crippen molar-refractivity contribution < 1.29 is 9.72 Å². The van der Waals surface area contributed by atoms with E-state index in [0.29, 0.717) is 23.8 Å². The number of hydrogen-bond donors (Lipinski definition) is 2. The Morgan fingerprint density at radius 1 is 1.09 bits per heavy atom. The van der Waals surface area contributed by atoms with E-state index in [2.05, 4.69) is 10.6 Å². The first-order valence-electron chi connectivity index (χ1n) is 7.04. The summed E-state index contributed by atoms with van der Waals surface area (Å²) in [5.41, 5.74) is 1.32. The zero-order chi connectivity index (χ0) is 16.7. The Hall–Kier alpha value is -2.60. The molecule has 2 N–H and O–H groups in total. The van der Waals surface area contributed by atoms with E-state index in [9.17, 15) is 14.9 Å². The molecule has 0 saturated heterocycles. The van der Waals surface area contributed by atoms with Crippen LogP contribution < -0.4 is 10.6 Å². The van der Waals surface area contributed by atoms with Gasteiger partial charge in [0.05, 0.1) is 11.3 Å². The number of nitro groups is 1. The predicted molar refractivity (Wildman–Crippen MR) is 89.8 cm³/mol. The Balaban J connectivity index is 1.76. The highest BCUT2D eigenvalue weighted by Gasteiger charge is 2.11. The second kappa shape index (κ2) is 8.14. The summed E-state index contributed by atoms with van der Waals surface area (Å²) in [4.78, 5) is 22.2. The molecular weight excluding hydrogens is 318 g/mol. The molecule has 0 heterocycles. The minimum absolute atomic E-state index is 0.0139. The summed E-state index contributed by atoms with van der Waals surface area (Å²) in [6.45, 7) is 0.773. The molecule has 23 heavy (non-hydrogen) atoms. The van der Waals surface area contributed by atoms with Crippen LogP contribution in [0.25, 0.3) is 0 Å². The molecule has 0 atom stereocenters. The summed E-state index contributed by atoms with van der Waals surface area (Å²) in [7, 11) is 0. The van der Waals surface area contributed by atoms with Crippen molar-refractivity contribution in [2.75, 3.05) is 18.4 Å². The van der Waals surface area contributed by atoms with Gasteiger partial charge in [0.15, 0.2) is 0 Å². The summed E-state index contributed by atoms with van der Waals surface area (Å²) in [6.07, 6.45) is 0.267. The molecule has 7 heteroatoms. The Bertz CT molecular complexity index is 689. The second-order valence-corrected chi connectivity index (χ2v) is 5.29. The Kier molecular flexibility index (Phi) is 5.94. The van der Waals surface area contributed by atoms with Crippen LogP contribution >= 0.6 is 11.6 Å². The van der Waals surface area contributed by atoms with Gasteiger partial charge >= 0.3 is 0 Å². The average Bonchev–Trinajstić information content (AvgIpc) is 2.54. The number of anilines is 1. The third-order valence-corrected chi connectivity index (χ3v) is 3.39. The monoisotopic (exact) mass is 333 g/mol. The maximum atomic E-state index is 11.8. The van der Waals surface area contributed by atoms with Crippen LogP contribution in [0.15, 0.2) is 48.5 Å². The summed E-state index contributed by atoms with van der Waals surface area (Å²) >= 11 is 5.79. The molecule has 0 saturated carbocycles. The number of carbonyl (C=O) groups excluding carboxylic acids is 1. The normalized spacial score (nSPS) is 10.1. The van der Waals surface area contributed by atoms with Gasteiger partial charge in [0.2, 0.25) is 5.91 Å². The molecule has 0 aliphatic carbocycles. The highest BCUT2D eigenvalue weighted by molar-refractivity contribution is 6.30. The third kappa shape index (κ3) is 5.27. The third-order valence-electron chi connectivity index (χ3n) is 3.14. The van der Waals surface area contributed by atoms with Crippen LogP contribution in [0.5, 0.6) is 0 Å². The summed E-state index contributed by atoms with van der Waals surface area (Å²) in [5.74, 6) is -0.114. The topological polar surface area (TPSA) is 84.3 Å². The zero-order valence-corrected chi connectivity index (χ0v) is 13.0. The number of rotatable bonds is 7. The van der Waals surface area contributed by atoms with Gasteiger partial charge in [-0.05, 0) is 23.8 Å². The van der Waals surface area contributed by atoms with Crippen LogP contribution in [0, 0.1) is 10.1 Å². The van der Waals surface area contributed by atoms with Gasteiger partial charge in [0, 0.05) is 24.2 Å². The standard InChI is InChI=1S/C16H16ClN3O3/c17-13-7-5-12(6-8-13)11-16(21)19-10-9-18-14-3-1-2-4-15(14)20(22)23/h1-8,18H,9-11H2,(H,19,21).